The maximum Gasteiger partial charge on any atom is 0.339 e. The van der Waals surface area contributed by atoms with Crippen molar-refractivity contribution in [3.05, 3.63) is 25.7 Å². The van der Waals surface area contributed by atoms with Gasteiger partial charge in [-0.25, -0.2) is 5.84 Å². The molecule has 11 heteroatoms. The van der Waals surface area contributed by atoms with E-state index >= 15 is 0 Å². The molecule has 0 spiro atoms. The number of H-pyrrole nitrogens is 1. The van der Waals surface area contributed by atoms with Crippen molar-refractivity contribution in [2.75, 3.05) is 5.43 Å². The highest BCUT2D eigenvalue weighted by molar-refractivity contribution is 7.98. The van der Waals surface area contributed by atoms with Crippen molar-refractivity contribution < 1.29 is 0 Å². The van der Waals surface area contributed by atoms with Gasteiger partial charge < -0.3 is 0 Å². The van der Waals surface area contributed by atoms with Gasteiger partial charge in [0.15, 0.2) is 5.16 Å². The average molecular weight is 287 g/mol. The fourth-order valence-corrected chi connectivity index (χ4v) is 2.64. The second-order valence-electron chi connectivity index (χ2n) is 3.13. The van der Waals surface area contributed by atoms with Gasteiger partial charge in [0.1, 0.15) is 5.01 Å². The molecule has 0 aliphatic carbocycles. The normalized spacial score (nSPS) is 10.6. The zero-order valence-corrected chi connectivity index (χ0v) is 10.8. The van der Waals surface area contributed by atoms with E-state index in [1.54, 1.807) is 7.05 Å². The molecule has 0 atom stereocenters. The zero-order valence-electron chi connectivity index (χ0n) is 9.21. The molecule has 0 unspecified atom stereocenters. The second kappa shape index (κ2) is 5.29. The van der Waals surface area contributed by atoms with Crippen molar-refractivity contribution in [2.24, 2.45) is 12.9 Å². The number of rotatable bonds is 4. The van der Waals surface area contributed by atoms with Crippen LogP contribution >= 0.6 is 23.1 Å². The number of nitrogens with two attached hydrogens (primary N) is 1. The van der Waals surface area contributed by atoms with Crippen LogP contribution < -0.4 is 22.4 Å². The highest BCUT2D eigenvalue weighted by Gasteiger charge is 2.08. The molecule has 9 nitrogen and oxygen atoms in total. The van der Waals surface area contributed by atoms with E-state index < -0.39 is 11.1 Å². The average Bonchev–Trinajstić information content (AvgIpc) is 2.80. The van der Waals surface area contributed by atoms with Crippen molar-refractivity contribution in [2.45, 2.75) is 10.9 Å². The highest BCUT2D eigenvalue weighted by Crippen LogP contribution is 2.22. The molecule has 0 aliphatic heterocycles. The Kier molecular flexibility index (Phi) is 3.74. The molecule has 2 aromatic heterocycles. The predicted molar refractivity (Wildman–Crippen MR) is 67.4 cm³/mol. The molecular formula is C7H9N7O2S2. The van der Waals surface area contributed by atoms with Gasteiger partial charge in [0.2, 0.25) is 5.13 Å². The molecule has 4 N–H and O–H groups in total. The van der Waals surface area contributed by atoms with E-state index in [1.807, 2.05) is 0 Å². The van der Waals surface area contributed by atoms with Crippen molar-refractivity contribution in [3.8, 4) is 0 Å². The van der Waals surface area contributed by atoms with Gasteiger partial charge >= 0.3 is 11.1 Å². The van der Waals surface area contributed by atoms with E-state index in [9.17, 15) is 9.59 Å². The summed E-state index contributed by atoms with van der Waals surface area (Å²) in [6.07, 6.45) is 0. The lowest BCUT2D eigenvalue weighted by Gasteiger charge is -2.03. The van der Waals surface area contributed by atoms with Crippen LogP contribution in [0.1, 0.15) is 5.01 Å². The van der Waals surface area contributed by atoms with Crippen molar-refractivity contribution >= 4 is 28.2 Å². The number of aromatic amines is 1. The van der Waals surface area contributed by atoms with Crippen LogP contribution in [0.3, 0.4) is 0 Å². The number of nitrogens with one attached hydrogen (secondary N) is 2. The molecule has 18 heavy (non-hydrogen) atoms. The third kappa shape index (κ3) is 2.75. The molecule has 0 saturated carbocycles. The molecule has 0 aromatic carbocycles. The Morgan fingerprint density at radius 1 is 1.50 bits per heavy atom. The Hall–Kier alpha value is -1.72. The van der Waals surface area contributed by atoms with E-state index in [0.29, 0.717) is 16.0 Å². The summed E-state index contributed by atoms with van der Waals surface area (Å²) in [4.78, 5) is 25.8. The Labute approximate surface area is 108 Å². The van der Waals surface area contributed by atoms with E-state index in [1.165, 1.54) is 27.8 Å². The van der Waals surface area contributed by atoms with Gasteiger partial charge in [0, 0.05) is 7.05 Å². The van der Waals surface area contributed by atoms with Crippen LogP contribution in [-0.2, 0) is 12.8 Å². The maximum atomic E-state index is 11.1. The van der Waals surface area contributed by atoms with Crippen molar-refractivity contribution in [1.29, 1.82) is 0 Å². The number of hydrogen-bond donors (Lipinski definition) is 3. The highest BCUT2D eigenvalue weighted by atomic mass is 32.2. The van der Waals surface area contributed by atoms with E-state index in [-0.39, 0.29) is 0 Å². The first-order chi connectivity index (χ1) is 8.60. The topological polar surface area (TPSA) is 132 Å². The van der Waals surface area contributed by atoms with Crippen LogP contribution in [0.2, 0.25) is 0 Å². The van der Waals surface area contributed by atoms with Gasteiger partial charge in [0.05, 0.1) is 5.75 Å². The summed E-state index contributed by atoms with van der Waals surface area (Å²) < 4.78 is 1.39. The first-order valence-corrected chi connectivity index (χ1v) is 6.49. The van der Waals surface area contributed by atoms with Crippen molar-refractivity contribution in [1.82, 2.24) is 25.0 Å². The van der Waals surface area contributed by atoms with Crippen LogP contribution in [0.4, 0.5) is 5.13 Å². The van der Waals surface area contributed by atoms with Crippen LogP contribution in [0.25, 0.3) is 0 Å². The monoisotopic (exact) mass is 287 g/mol. The second-order valence-corrected chi connectivity index (χ2v) is 5.14. The standard InChI is InChI=1S/C7H9N7O2S2/c1-14-7(9-4(15)5(16)13-14)17-2-3-11-12-6(10-8)18-3/h2,8H2,1H3,(H,10,12)(H,13,16). The largest absolute Gasteiger partial charge is 0.339 e. The molecule has 2 heterocycles. The quantitative estimate of drug-likeness (QED) is 0.279. The summed E-state index contributed by atoms with van der Waals surface area (Å²) in [5.74, 6) is 5.66. The summed E-state index contributed by atoms with van der Waals surface area (Å²) in [6.45, 7) is 0. The SMILES string of the molecule is Cn1[nH]c(=O)c(=O)nc1SCc1nnc(NN)s1. The van der Waals surface area contributed by atoms with Gasteiger partial charge in [-0.2, -0.15) is 4.98 Å². The van der Waals surface area contributed by atoms with Crippen LogP contribution in [-0.4, -0.2) is 25.0 Å². The molecule has 0 aliphatic rings. The summed E-state index contributed by atoms with van der Waals surface area (Å²) in [7, 11) is 1.60. The molecule has 0 bridgehead atoms. The number of anilines is 1. The van der Waals surface area contributed by atoms with Crippen LogP contribution in [0.5, 0.6) is 0 Å². The minimum Gasteiger partial charge on any atom is -0.298 e. The zero-order chi connectivity index (χ0) is 13.1. The van der Waals surface area contributed by atoms with E-state index in [2.05, 4.69) is 25.7 Å². The minimum atomic E-state index is -0.808. The fourth-order valence-electron chi connectivity index (χ4n) is 1.09. The molecule has 0 saturated heterocycles. The van der Waals surface area contributed by atoms with Crippen LogP contribution in [0, 0.1) is 0 Å². The lowest BCUT2D eigenvalue weighted by atomic mass is 10.8. The number of hydrogen-bond acceptors (Lipinski definition) is 9. The van der Waals surface area contributed by atoms with Crippen molar-refractivity contribution in [3.63, 3.8) is 0 Å². The molecule has 2 rings (SSSR count). The molecule has 0 fully saturated rings. The number of aryl methyl sites for hydroxylation is 1. The fraction of sp³-hybridized carbons (Fsp3) is 0.286. The third-order valence-corrected chi connectivity index (χ3v) is 3.94. The predicted octanol–water partition coefficient (Wildman–Crippen LogP) is -1.10. The minimum absolute atomic E-state index is 0.400. The summed E-state index contributed by atoms with van der Waals surface area (Å²) in [6, 6.07) is 0. The number of hydrazine groups is 1. The summed E-state index contributed by atoms with van der Waals surface area (Å²) >= 11 is 2.57. The van der Waals surface area contributed by atoms with Gasteiger partial charge in [-0.15, -0.1) is 10.2 Å². The first-order valence-electron chi connectivity index (χ1n) is 4.69. The van der Waals surface area contributed by atoms with Gasteiger partial charge in [0.25, 0.3) is 0 Å². The Bertz CT molecular complexity index is 660. The molecule has 96 valence electrons. The maximum absolute atomic E-state index is 11.1. The Morgan fingerprint density at radius 2 is 2.28 bits per heavy atom. The third-order valence-electron chi connectivity index (χ3n) is 1.86. The molecular weight excluding hydrogens is 278 g/mol. The van der Waals surface area contributed by atoms with E-state index in [4.69, 9.17) is 5.84 Å². The molecule has 0 radical (unpaired) electrons. The molecule has 2 aromatic rings. The van der Waals surface area contributed by atoms with Gasteiger partial charge in [-0.3, -0.25) is 24.8 Å². The lowest BCUT2D eigenvalue weighted by Crippen LogP contribution is -2.33. The van der Waals surface area contributed by atoms with Gasteiger partial charge in [-0.1, -0.05) is 23.1 Å². The first kappa shape index (κ1) is 12.7. The van der Waals surface area contributed by atoms with E-state index in [0.717, 1.165) is 5.01 Å². The molecule has 0 amide bonds. The smallest absolute Gasteiger partial charge is 0.298 e. The number of nitrogens with zero attached hydrogens (tertiary/aromatic N) is 4. The van der Waals surface area contributed by atoms with Gasteiger partial charge in [-0.05, 0) is 0 Å². The Morgan fingerprint density at radius 3 is 2.94 bits per heavy atom. The lowest BCUT2D eigenvalue weighted by molar-refractivity contribution is 0.596. The summed E-state index contributed by atoms with van der Waals surface area (Å²) in [5.41, 5.74) is 0.839. The number of aromatic nitrogens is 5. The Balaban J connectivity index is 2.13. The number of nitrogen functional groups attached to an aromatic ring is 1. The number of thioether (sulfide) groups is 1. The van der Waals surface area contributed by atoms with Crippen LogP contribution in [0.15, 0.2) is 14.7 Å². The summed E-state index contributed by atoms with van der Waals surface area (Å²) in [5, 5.41) is 11.7.